The predicted molar refractivity (Wildman–Crippen MR) is 66.0 cm³/mol. The predicted octanol–water partition coefficient (Wildman–Crippen LogP) is 2.19. The van der Waals surface area contributed by atoms with Crippen LogP contribution >= 0.6 is 0 Å². The van der Waals surface area contributed by atoms with E-state index < -0.39 is 0 Å². The van der Waals surface area contributed by atoms with Crippen molar-refractivity contribution in [3.8, 4) is 5.75 Å². The fraction of sp³-hybridized carbons (Fsp3) is 0.250. The Labute approximate surface area is 99.6 Å². The van der Waals surface area contributed by atoms with Gasteiger partial charge >= 0.3 is 0 Å². The molecular weight excluding hydrogens is 218 g/mol. The second-order valence-corrected chi connectivity index (χ2v) is 3.67. The Bertz CT molecular complexity index is 508. The first-order valence-corrected chi connectivity index (χ1v) is 5.27. The van der Waals surface area contributed by atoms with E-state index in [1.54, 1.807) is 19.4 Å². The van der Waals surface area contributed by atoms with Crippen molar-refractivity contribution < 1.29 is 9.15 Å². The van der Waals surface area contributed by atoms with Crippen LogP contribution in [0.5, 0.6) is 5.75 Å². The summed E-state index contributed by atoms with van der Waals surface area (Å²) in [5.74, 6) is 2.18. The molecule has 0 atom stereocenters. The number of methoxy groups -OCH3 is 1. The van der Waals surface area contributed by atoms with E-state index in [1.807, 2.05) is 19.1 Å². The molecule has 0 aliphatic carbocycles. The molecule has 0 fully saturated rings. The first-order chi connectivity index (χ1) is 8.19. The van der Waals surface area contributed by atoms with Crippen molar-refractivity contribution >= 4 is 11.4 Å². The van der Waals surface area contributed by atoms with Crippen LogP contribution in [0.3, 0.4) is 0 Å². The van der Waals surface area contributed by atoms with Gasteiger partial charge in [-0.1, -0.05) is 0 Å². The number of nitrogen functional groups attached to an aromatic ring is 1. The number of ether oxygens (including phenoxy) is 1. The van der Waals surface area contributed by atoms with E-state index >= 15 is 0 Å². The molecule has 1 aromatic carbocycles. The fourth-order valence-electron chi connectivity index (χ4n) is 1.47. The Morgan fingerprint density at radius 3 is 2.94 bits per heavy atom. The van der Waals surface area contributed by atoms with Gasteiger partial charge in [0.15, 0.2) is 0 Å². The first-order valence-electron chi connectivity index (χ1n) is 5.27. The van der Waals surface area contributed by atoms with E-state index in [4.69, 9.17) is 14.9 Å². The summed E-state index contributed by atoms with van der Waals surface area (Å²) in [4.78, 5) is 4.10. The van der Waals surface area contributed by atoms with Gasteiger partial charge in [0.2, 0.25) is 5.89 Å². The number of anilines is 2. The van der Waals surface area contributed by atoms with Crippen molar-refractivity contribution in [1.82, 2.24) is 4.98 Å². The maximum Gasteiger partial charge on any atom is 0.213 e. The van der Waals surface area contributed by atoms with Crippen LogP contribution in [0, 0.1) is 6.92 Å². The van der Waals surface area contributed by atoms with E-state index in [1.165, 1.54) is 0 Å². The molecule has 0 spiro atoms. The zero-order chi connectivity index (χ0) is 12.3. The van der Waals surface area contributed by atoms with Gasteiger partial charge in [0.05, 0.1) is 31.2 Å². The number of nitrogens with one attached hydrogen (secondary N) is 1. The van der Waals surface area contributed by atoms with Gasteiger partial charge in [0.25, 0.3) is 0 Å². The highest BCUT2D eigenvalue weighted by Crippen LogP contribution is 2.24. The van der Waals surface area contributed by atoms with Gasteiger partial charge in [-0.15, -0.1) is 0 Å². The Morgan fingerprint density at radius 2 is 2.29 bits per heavy atom. The Balaban J connectivity index is 2.07. The zero-order valence-electron chi connectivity index (χ0n) is 9.86. The van der Waals surface area contributed by atoms with Crippen LogP contribution in [0.2, 0.25) is 0 Å². The lowest BCUT2D eigenvalue weighted by molar-refractivity contribution is 0.415. The van der Waals surface area contributed by atoms with Gasteiger partial charge < -0.3 is 20.2 Å². The molecule has 5 nitrogen and oxygen atoms in total. The van der Waals surface area contributed by atoms with Crippen molar-refractivity contribution in [3.63, 3.8) is 0 Å². The van der Waals surface area contributed by atoms with Crippen LogP contribution in [0.25, 0.3) is 0 Å². The lowest BCUT2D eigenvalue weighted by Gasteiger charge is -2.09. The minimum atomic E-state index is 0.491. The summed E-state index contributed by atoms with van der Waals surface area (Å²) in [6.45, 7) is 2.35. The molecule has 0 saturated heterocycles. The molecule has 0 saturated carbocycles. The quantitative estimate of drug-likeness (QED) is 0.792. The number of aromatic nitrogens is 1. The second kappa shape index (κ2) is 4.78. The summed E-state index contributed by atoms with van der Waals surface area (Å²) >= 11 is 0. The standard InChI is InChI=1S/C12H15N3O2/c1-8-6-15-12(17-8)7-14-11-5-9(16-2)3-4-10(11)13/h3-6,14H,7,13H2,1-2H3. The number of hydrogen-bond donors (Lipinski definition) is 2. The number of nitrogens with two attached hydrogens (primary N) is 1. The van der Waals surface area contributed by atoms with Crippen LogP contribution in [0.15, 0.2) is 28.8 Å². The van der Waals surface area contributed by atoms with Gasteiger partial charge in [0, 0.05) is 6.07 Å². The monoisotopic (exact) mass is 233 g/mol. The van der Waals surface area contributed by atoms with Crippen LogP contribution in [0.4, 0.5) is 11.4 Å². The zero-order valence-corrected chi connectivity index (χ0v) is 9.86. The van der Waals surface area contributed by atoms with E-state index in [0.29, 0.717) is 18.1 Å². The van der Waals surface area contributed by atoms with Crippen LogP contribution in [0.1, 0.15) is 11.7 Å². The summed E-state index contributed by atoms with van der Waals surface area (Å²) in [7, 11) is 1.62. The number of nitrogens with zero attached hydrogens (tertiary/aromatic N) is 1. The SMILES string of the molecule is COc1ccc(N)c(NCc2ncc(C)o2)c1. The highest BCUT2D eigenvalue weighted by Gasteiger charge is 2.04. The third kappa shape index (κ3) is 2.69. The smallest absolute Gasteiger partial charge is 0.213 e. The Morgan fingerprint density at radius 1 is 1.47 bits per heavy atom. The molecule has 0 radical (unpaired) electrons. The minimum absolute atomic E-state index is 0.491. The average molecular weight is 233 g/mol. The molecule has 3 N–H and O–H groups in total. The van der Waals surface area contributed by atoms with Gasteiger partial charge in [-0.3, -0.25) is 0 Å². The minimum Gasteiger partial charge on any atom is -0.497 e. The Hall–Kier alpha value is -2.17. The molecule has 0 unspecified atom stereocenters. The number of rotatable bonds is 4. The van der Waals surface area contributed by atoms with Gasteiger partial charge in [-0.05, 0) is 19.1 Å². The largest absolute Gasteiger partial charge is 0.497 e. The lowest BCUT2D eigenvalue weighted by atomic mass is 10.2. The summed E-state index contributed by atoms with van der Waals surface area (Å²) in [5.41, 5.74) is 7.31. The molecule has 5 heteroatoms. The molecule has 17 heavy (non-hydrogen) atoms. The van der Waals surface area contributed by atoms with Crippen molar-refractivity contribution in [3.05, 3.63) is 36.0 Å². The van der Waals surface area contributed by atoms with Crippen LogP contribution in [-0.4, -0.2) is 12.1 Å². The normalized spacial score (nSPS) is 10.2. The topological polar surface area (TPSA) is 73.3 Å². The van der Waals surface area contributed by atoms with Crippen molar-refractivity contribution in [2.75, 3.05) is 18.2 Å². The molecule has 0 amide bonds. The maximum atomic E-state index is 5.84. The highest BCUT2D eigenvalue weighted by atomic mass is 16.5. The number of benzene rings is 1. The molecule has 1 aromatic heterocycles. The maximum absolute atomic E-state index is 5.84. The van der Waals surface area contributed by atoms with Crippen LogP contribution in [-0.2, 0) is 6.54 Å². The molecule has 0 bridgehead atoms. The molecule has 90 valence electrons. The number of aryl methyl sites for hydroxylation is 1. The average Bonchev–Trinajstić information content (AvgIpc) is 2.74. The molecule has 2 aromatic rings. The third-order valence-electron chi connectivity index (χ3n) is 2.36. The Kier molecular flexibility index (Phi) is 3.18. The summed E-state index contributed by atoms with van der Waals surface area (Å²) < 4.78 is 10.5. The van der Waals surface area contributed by atoms with Crippen molar-refractivity contribution in [1.29, 1.82) is 0 Å². The van der Waals surface area contributed by atoms with Gasteiger partial charge in [-0.2, -0.15) is 0 Å². The summed E-state index contributed by atoms with van der Waals surface area (Å²) in [5, 5.41) is 3.16. The van der Waals surface area contributed by atoms with Crippen molar-refractivity contribution in [2.45, 2.75) is 13.5 Å². The molecule has 0 aliphatic rings. The van der Waals surface area contributed by atoms with Crippen LogP contribution < -0.4 is 15.8 Å². The van der Waals surface area contributed by atoms with E-state index in [0.717, 1.165) is 17.2 Å². The first kappa shape index (κ1) is 11.3. The van der Waals surface area contributed by atoms with E-state index in [9.17, 15) is 0 Å². The van der Waals surface area contributed by atoms with Gasteiger partial charge in [-0.25, -0.2) is 4.98 Å². The number of oxazole rings is 1. The molecule has 2 rings (SSSR count). The highest BCUT2D eigenvalue weighted by molar-refractivity contribution is 5.68. The summed E-state index contributed by atoms with van der Waals surface area (Å²) in [6.07, 6.45) is 1.69. The number of hydrogen-bond acceptors (Lipinski definition) is 5. The van der Waals surface area contributed by atoms with Crippen molar-refractivity contribution in [2.24, 2.45) is 0 Å². The second-order valence-electron chi connectivity index (χ2n) is 3.67. The fourth-order valence-corrected chi connectivity index (χ4v) is 1.47. The van der Waals surface area contributed by atoms with E-state index in [2.05, 4.69) is 10.3 Å². The van der Waals surface area contributed by atoms with Gasteiger partial charge in [0.1, 0.15) is 11.5 Å². The summed E-state index contributed by atoms with van der Waals surface area (Å²) in [6, 6.07) is 5.45. The molecular formula is C12H15N3O2. The lowest BCUT2D eigenvalue weighted by Crippen LogP contribution is -2.03. The van der Waals surface area contributed by atoms with E-state index in [-0.39, 0.29) is 0 Å². The molecule has 0 aliphatic heterocycles. The third-order valence-corrected chi connectivity index (χ3v) is 2.36. The molecule has 1 heterocycles.